The first-order chi connectivity index (χ1) is 15.1. The number of amides is 1. The molecule has 0 fully saturated rings. The summed E-state index contributed by atoms with van der Waals surface area (Å²) >= 11 is 0. The second kappa shape index (κ2) is 9.84. The number of aromatic nitrogens is 3. The number of carbonyl (C=O) groups excluding carboxylic acids is 1. The van der Waals surface area contributed by atoms with E-state index in [2.05, 4.69) is 25.0 Å². The maximum atomic E-state index is 13.0. The molecular formula is C22H26FN5O3. The average Bonchev–Trinajstić information content (AvgIpc) is 3.31. The Morgan fingerprint density at radius 1 is 1.13 bits per heavy atom. The van der Waals surface area contributed by atoms with E-state index < -0.39 is 0 Å². The molecule has 8 nitrogen and oxygen atoms in total. The van der Waals surface area contributed by atoms with Crippen molar-refractivity contribution >= 4 is 5.91 Å². The summed E-state index contributed by atoms with van der Waals surface area (Å²) in [5.74, 6) is 2.98. The first-order valence-corrected chi connectivity index (χ1v) is 10.4. The molecule has 0 saturated heterocycles. The van der Waals surface area contributed by atoms with Gasteiger partial charge in [0.2, 0.25) is 0 Å². The van der Waals surface area contributed by atoms with Crippen LogP contribution in [0.4, 0.5) is 4.39 Å². The molecule has 3 heterocycles. The highest BCUT2D eigenvalue weighted by molar-refractivity contribution is 5.94. The van der Waals surface area contributed by atoms with E-state index in [-0.39, 0.29) is 11.7 Å². The van der Waals surface area contributed by atoms with Gasteiger partial charge in [0.15, 0.2) is 0 Å². The van der Waals surface area contributed by atoms with Gasteiger partial charge in [0.1, 0.15) is 35.6 Å². The molecule has 31 heavy (non-hydrogen) atoms. The summed E-state index contributed by atoms with van der Waals surface area (Å²) < 4.78 is 26.1. The molecular weight excluding hydrogens is 401 g/mol. The predicted molar refractivity (Wildman–Crippen MR) is 111 cm³/mol. The lowest BCUT2D eigenvalue weighted by Gasteiger charge is -2.18. The molecule has 3 aromatic rings. The van der Waals surface area contributed by atoms with Crippen molar-refractivity contribution in [2.75, 3.05) is 26.7 Å². The molecule has 1 N–H and O–H groups in total. The smallest absolute Gasteiger partial charge is 0.251 e. The Balaban J connectivity index is 1.29. The molecule has 0 saturated carbocycles. The van der Waals surface area contributed by atoms with Gasteiger partial charge in [-0.3, -0.25) is 9.69 Å². The van der Waals surface area contributed by atoms with E-state index in [1.54, 1.807) is 7.11 Å². The highest BCUT2D eigenvalue weighted by Crippen LogP contribution is 2.15. The van der Waals surface area contributed by atoms with Gasteiger partial charge < -0.3 is 19.0 Å². The van der Waals surface area contributed by atoms with Gasteiger partial charge in [-0.25, -0.2) is 4.39 Å². The Kier molecular flexibility index (Phi) is 6.73. The molecule has 0 spiro atoms. The van der Waals surface area contributed by atoms with Crippen LogP contribution in [0.3, 0.4) is 0 Å². The molecule has 1 aliphatic rings. The first kappa shape index (κ1) is 21.2. The fourth-order valence-corrected chi connectivity index (χ4v) is 3.71. The maximum Gasteiger partial charge on any atom is 0.251 e. The molecule has 2 aromatic heterocycles. The van der Waals surface area contributed by atoms with E-state index in [0.29, 0.717) is 25.1 Å². The minimum absolute atomic E-state index is 0.229. The second-order valence-electron chi connectivity index (χ2n) is 7.52. The number of carbonyl (C=O) groups is 1. The van der Waals surface area contributed by atoms with Gasteiger partial charge in [0, 0.05) is 51.7 Å². The third kappa shape index (κ3) is 5.36. The molecule has 0 atom stereocenters. The van der Waals surface area contributed by atoms with Crippen molar-refractivity contribution < 1.29 is 18.3 Å². The summed E-state index contributed by atoms with van der Waals surface area (Å²) in [7, 11) is 1.65. The quantitative estimate of drug-likeness (QED) is 0.593. The summed E-state index contributed by atoms with van der Waals surface area (Å²) in [5, 5.41) is 11.5. The molecule has 9 heteroatoms. The number of ether oxygens (including phenoxy) is 1. The molecule has 1 aromatic carbocycles. The number of nitrogens with one attached hydrogen (secondary N) is 1. The first-order valence-electron chi connectivity index (χ1n) is 10.4. The molecule has 1 amide bonds. The number of nitrogens with zero attached hydrogens (tertiary/aromatic N) is 4. The lowest BCUT2D eigenvalue weighted by atomic mass is 10.2. The van der Waals surface area contributed by atoms with Crippen LogP contribution in [0.15, 0.2) is 40.8 Å². The molecule has 0 aliphatic carbocycles. The van der Waals surface area contributed by atoms with Crippen molar-refractivity contribution in [1.82, 2.24) is 25.0 Å². The Bertz CT molecular complexity index is 1010. The number of furan rings is 1. The third-order valence-corrected chi connectivity index (χ3v) is 5.32. The third-order valence-electron chi connectivity index (χ3n) is 5.32. The number of hydrogen-bond donors (Lipinski definition) is 1. The Hall–Kier alpha value is -3.04. The maximum absolute atomic E-state index is 13.0. The second-order valence-corrected chi connectivity index (χ2v) is 7.52. The van der Waals surface area contributed by atoms with Gasteiger partial charge in [-0.2, -0.15) is 0 Å². The largest absolute Gasteiger partial charge is 0.462 e. The van der Waals surface area contributed by atoms with Gasteiger partial charge >= 0.3 is 0 Å². The van der Waals surface area contributed by atoms with Gasteiger partial charge in [-0.1, -0.05) is 0 Å². The van der Waals surface area contributed by atoms with Crippen LogP contribution in [-0.4, -0.2) is 52.3 Å². The van der Waals surface area contributed by atoms with Crippen LogP contribution >= 0.6 is 0 Å². The fourth-order valence-electron chi connectivity index (χ4n) is 3.71. The minimum Gasteiger partial charge on any atom is -0.462 e. The average molecular weight is 427 g/mol. The zero-order valence-corrected chi connectivity index (χ0v) is 17.5. The highest BCUT2D eigenvalue weighted by Gasteiger charge is 2.19. The Morgan fingerprint density at radius 3 is 2.74 bits per heavy atom. The molecule has 0 bridgehead atoms. The highest BCUT2D eigenvalue weighted by atomic mass is 19.1. The van der Waals surface area contributed by atoms with Crippen LogP contribution < -0.4 is 5.32 Å². The SMILES string of the molecule is COCc1ccc(CN2CCc3nnc(CCNC(=O)c4ccc(F)cc4)n3CC2)o1. The van der Waals surface area contributed by atoms with Crippen LogP contribution in [0.1, 0.15) is 33.5 Å². The zero-order valence-electron chi connectivity index (χ0n) is 17.5. The molecule has 1 aliphatic heterocycles. The standard InChI is InChI=1S/C22H26FN5O3/c1-30-15-19-7-6-18(31-19)14-27-11-9-21-26-25-20(28(21)13-12-27)8-10-24-22(29)16-2-4-17(23)5-3-16/h2-7H,8-15H2,1H3,(H,24,29). The van der Waals surface area contributed by atoms with Gasteiger partial charge in [-0.15, -0.1) is 10.2 Å². The molecule has 4 rings (SSSR count). The minimum atomic E-state index is -0.362. The normalized spacial score (nSPS) is 14.3. The van der Waals surface area contributed by atoms with Crippen molar-refractivity contribution in [2.45, 2.75) is 32.5 Å². The van der Waals surface area contributed by atoms with Gasteiger partial charge in [0.25, 0.3) is 5.91 Å². The summed E-state index contributed by atoms with van der Waals surface area (Å²) in [6, 6.07) is 9.44. The van der Waals surface area contributed by atoms with Crippen LogP contribution in [0.2, 0.25) is 0 Å². The number of benzene rings is 1. The summed E-state index contributed by atoms with van der Waals surface area (Å²) in [6.45, 7) is 4.18. The van der Waals surface area contributed by atoms with Gasteiger partial charge in [-0.05, 0) is 36.4 Å². The molecule has 0 unspecified atom stereocenters. The number of halogens is 1. The molecule has 0 radical (unpaired) electrons. The van der Waals surface area contributed by atoms with E-state index >= 15 is 0 Å². The summed E-state index contributed by atoms with van der Waals surface area (Å²) in [6.07, 6.45) is 1.39. The monoisotopic (exact) mass is 427 g/mol. The number of fused-ring (bicyclic) bond motifs is 1. The number of methoxy groups -OCH3 is 1. The fraction of sp³-hybridized carbons (Fsp3) is 0.409. The summed E-state index contributed by atoms with van der Waals surface area (Å²) in [5.41, 5.74) is 0.434. The van der Waals surface area contributed by atoms with Crippen LogP contribution in [0, 0.1) is 5.82 Å². The van der Waals surface area contributed by atoms with Crippen LogP contribution in [-0.2, 0) is 37.3 Å². The van der Waals surface area contributed by atoms with Crippen molar-refractivity contribution in [3.8, 4) is 0 Å². The summed E-state index contributed by atoms with van der Waals surface area (Å²) in [4.78, 5) is 14.5. The van der Waals surface area contributed by atoms with Crippen LogP contribution in [0.25, 0.3) is 0 Å². The van der Waals surface area contributed by atoms with Crippen molar-refractivity contribution in [3.05, 3.63) is 70.9 Å². The molecule has 164 valence electrons. The number of rotatable bonds is 8. The van der Waals surface area contributed by atoms with Crippen molar-refractivity contribution in [2.24, 2.45) is 0 Å². The van der Waals surface area contributed by atoms with E-state index in [1.807, 2.05) is 12.1 Å². The van der Waals surface area contributed by atoms with E-state index in [9.17, 15) is 9.18 Å². The van der Waals surface area contributed by atoms with E-state index in [4.69, 9.17) is 9.15 Å². The van der Waals surface area contributed by atoms with E-state index in [0.717, 1.165) is 55.8 Å². The van der Waals surface area contributed by atoms with Crippen molar-refractivity contribution in [3.63, 3.8) is 0 Å². The number of hydrogen-bond acceptors (Lipinski definition) is 6. The Labute approximate surface area is 180 Å². The Morgan fingerprint density at radius 2 is 1.94 bits per heavy atom. The van der Waals surface area contributed by atoms with E-state index in [1.165, 1.54) is 24.3 Å². The van der Waals surface area contributed by atoms with Gasteiger partial charge in [0.05, 0.1) is 6.54 Å². The zero-order chi connectivity index (χ0) is 21.6. The van der Waals surface area contributed by atoms with Crippen LogP contribution in [0.5, 0.6) is 0 Å². The predicted octanol–water partition coefficient (Wildman–Crippen LogP) is 2.19. The van der Waals surface area contributed by atoms with Crippen molar-refractivity contribution in [1.29, 1.82) is 0 Å². The lowest BCUT2D eigenvalue weighted by Crippen LogP contribution is -2.28. The topological polar surface area (TPSA) is 85.4 Å². The lowest BCUT2D eigenvalue weighted by molar-refractivity contribution is 0.0954.